The van der Waals surface area contributed by atoms with Crippen LogP contribution in [0.3, 0.4) is 0 Å². The molecule has 1 aliphatic rings. The predicted octanol–water partition coefficient (Wildman–Crippen LogP) is 8.04. The molecule has 5 nitrogen and oxygen atoms in total. The van der Waals surface area contributed by atoms with Crippen LogP contribution in [0.1, 0.15) is 115 Å². The minimum Gasteiger partial charge on any atom is -0.490 e. The first-order valence-corrected chi connectivity index (χ1v) is 14.0. The van der Waals surface area contributed by atoms with Gasteiger partial charge < -0.3 is 9.47 Å². The number of halogens is 1. The maximum absolute atomic E-state index is 14.8. The summed E-state index contributed by atoms with van der Waals surface area (Å²) in [6.07, 6.45) is 21.3. The Balaban J connectivity index is 1.64. The Morgan fingerprint density at radius 1 is 0.714 bits per heavy atom. The average molecular weight is 486 g/mol. The highest BCUT2D eigenvalue weighted by Gasteiger charge is 2.25. The first kappa shape index (κ1) is 27.3. The van der Waals surface area contributed by atoms with E-state index in [9.17, 15) is 4.39 Å². The van der Waals surface area contributed by atoms with Crippen LogP contribution < -0.4 is 9.47 Å². The monoisotopic (exact) mass is 485 g/mol. The Hall–Kier alpha value is -2.24. The highest BCUT2D eigenvalue weighted by atomic mass is 19.1. The molecule has 0 aliphatic heterocycles. The zero-order valence-corrected chi connectivity index (χ0v) is 21.9. The Bertz CT molecular complexity index is 873. The van der Waals surface area contributed by atoms with Crippen LogP contribution in [0.5, 0.6) is 11.6 Å². The van der Waals surface area contributed by atoms with Crippen LogP contribution in [-0.2, 0) is 12.8 Å². The smallest absolute Gasteiger partial charge is 0.227 e. The van der Waals surface area contributed by atoms with Crippen molar-refractivity contribution in [1.82, 2.24) is 15.0 Å². The van der Waals surface area contributed by atoms with Gasteiger partial charge in [0.1, 0.15) is 0 Å². The van der Waals surface area contributed by atoms with E-state index in [-0.39, 0.29) is 0 Å². The quantitative estimate of drug-likeness (QED) is 0.168. The summed E-state index contributed by atoms with van der Waals surface area (Å²) in [5.74, 6) is 1.14. The third-order valence-electron chi connectivity index (χ3n) is 6.79. The van der Waals surface area contributed by atoms with E-state index in [1.807, 2.05) is 0 Å². The van der Waals surface area contributed by atoms with Crippen molar-refractivity contribution in [1.29, 1.82) is 0 Å². The second kappa shape index (κ2) is 15.7. The topological polar surface area (TPSA) is 57.1 Å². The fraction of sp³-hybridized carbons (Fsp3) is 0.690. The van der Waals surface area contributed by atoms with Gasteiger partial charge in [-0.2, -0.15) is 9.37 Å². The van der Waals surface area contributed by atoms with Crippen LogP contribution in [-0.4, -0.2) is 28.2 Å². The van der Waals surface area contributed by atoms with E-state index < -0.39 is 5.95 Å². The molecule has 0 atom stereocenters. The van der Waals surface area contributed by atoms with Gasteiger partial charge in [-0.15, -0.1) is 0 Å². The van der Waals surface area contributed by atoms with Gasteiger partial charge in [-0.25, -0.2) is 9.97 Å². The molecular weight excluding hydrogens is 441 g/mol. The Morgan fingerprint density at radius 3 is 1.89 bits per heavy atom. The van der Waals surface area contributed by atoms with Crippen molar-refractivity contribution in [3.63, 3.8) is 0 Å². The Morgan fingerprint density at radius 2 is 1.26 bits per heavy atom. The third-order valence-corrected chi connectivity index (χ3v) is 6.79. The lowest BCUT2D eigenvalue weighted by Gasteiger charge is -2.21. The standard InChI is InChI=1S/C29H44FN3O2/c1-3-5-7-9-11-15-19-34-23-21-31-28(32-22-23)26-24-17-13-14-18-25(24)27(30)33-29(26)35-20-16-12-10-8-6-4-2/h21-22H,3-20H2,1-2H3. The molecule has 0 amide bonds. The molecule has 0 N–H and O–H groups in total. The first-order valence-electron chi connectivity index (χ1n) is 14.0. The molecule has 35 heavy (non-hydrogen) atoms. The van der Waals surface area contributed by atoms with E-state index in [0.717, 1.165) is 49.7 Å². The molecule has 0 saturated heterocycles. The van der Waals surface area contributed by atoms with Gasteiger partial charge in [0.2, 0.25) is 11.8 Å². The summed E-state index contributed by atoms with van der Waals surface area (Å²) in [4.78, 5) is 13.4. The lowest BCUT2D eigenvalue weighted by molar-refractivity contribution is 0.288. The minimum atomic E-state index is -0.403. The molecule has 0 unspecified atom stereocenters. The van der Waals surface area contributed by atoms with Crippen LogP contribution >= 0.6 is 0 Å². The summed E-state index contributed by atoms with van der Waals surface area (Å²) in [7, 11) is 0. The van der Waals surface area contributed by atoms with Crippen molar-refractivity contribution in [3.8, 4) is 23.0 Å². The molecule has 0 radical (unpaired) electrons. The molecule has 0 spiro atoms. The molecule has 2 heterocycles. The maximum atomic E-state index is 14.8. The first-order chi connectivity index (χ1) is 17.2. The molecule has 0 saturated carbocycles. The largest absolute Gasteiger partial charge is 0.490 e. The van der Waals surface area contributed by atoms with Crippen molar-refractivity contribution in [2.75, 3.05) is 13.2 Å². The van der Waals surface area contributed by atoms with Crippen LogP contribution in [0.25, 0.3) is 11.4 Å². The number of pyridine rings is 1. The Kier molecular flexibility index (Phi) is 12.3. The Labute approximate surface area is 211 Å². The predicted molar refractivity (Wildman–Crippen MR) is 140 cm³/mol. The summed E-state index contributed by atoms with van der Waals surface area (Å²) in [6.45, 7) is 5.66. The number of ether oxygens (including phenoxy) is 2. The van der Waals surface area contributed by atoms with E-state index in [2.05, 4.69) is 28.8 Å². The molecule has 6 heteroatoms. The number of unbranched alkanes of at least 4 members (excludes halogenated alkanes) is 10. The highest BCUT2D eigenvalue weighted by molar-refractivity contribution is 5.68. The second-order valence-electron chi connectivity index (χ2n) is 9.72. The van der Waals surface area contributed by atoms with Gasteiger partial charge in [-0.05, 0) is 44.1 Å². The number of rotatable bonds is 17. The molecule has 194 valence electrons. The van der Waals surface area contributed by atoms with E-state index >= 15 is 0 Å². The number of hydrogen-bond donors (Lipinski definition) is 0. The fourth-order valence-electron chi connectivity index (χ4n) is 4.73. The SMILES string of the molecule is CCCCCCCCOc1cnc(-c2c(OCCCCCCCC)nc(F)c3c2CCCC3)nc1. The van der Waals surface area contributed by atoms with E-state index in [0.29, 0.717) is 42.7 Å². The zero-order valence-electron chi connectivity index (χ0n) is 21.9. The van der Waals surface area contributed by atoms with Crippen molar-refractivity contribution in [3.05, 3.63) is 29.5 Å². The number of nitrogens with zero attached hydrogens (tertiary/aromatic N) is 3. The molecule has 0 aromatic carbocycles. The second-order valence-corrected chi connectivity index (χ2v) is 9.72. The minimum absolute atomic E-state index is 0.331. The number of aromatic nitrogens is 3. The van der Waals surface area contributed by atoms with Crippen molar-refractivity contribution in [2.24, 2.45) is 0 Å². The van der Waals surface area contributed by atoms with Gasteiger partial charge in [0.15, 0.2) is 11.6 Å². The molecule has 2 aromatic rings. The third kappa shape index (κ3) is 8.73. The lowest BCUT2D eigenvalue weighted by atomic mass is 9.89. The van der Waals surface area contributed by atoms with Crippen LogP contribution in [0.2, 0.25) is 0 Å². The van der Waals surface area contributed by atoms with Crippen LogP contribution in [0.15, 0.2) is 12.4 Å². The number of fused-ring (bicyclic) bond motifs is 1. The summed E-state index contributed by atoms with van der Waals surface area (Å²) in [6, 6.07) is 0. The van der Waals surface area contributed by atoms with E-state index in [4.69, 9.17) is 9.47 Å². The van der Waals surface area contributed by atoms with Crippen LogP contribution in [0, 0.1) is 5.95 Å². The normalized spacial score (nSPS) is 13.0. The molecule has 2 aromatic heterocycles. The fourth-order valence-corrected chi connectivity index (χ4v) is 4.73. The molecular formula is C29H44FN3O2. The van der Waals surface area contributed by atoms with Crippen molar-refractivity contribution < 1.29 is 13.9 Å². The highest BCUT2D eigenvalue weighted by Crippen LogP contribution is 2.37. The molecule has 1 aliphatic carbocycles. The molecule has 0 fully saturated rings. The van der Waals surface area contributed by atoms with E-state index in [1.54, 1.807) is 12.4 Å². The van der Waals surface area contributed by atoms with E-state index in [1.165, 1.54) is 57.8 Å². The summed E-state index contributed by atoms with van der Waals surface area (Å²) in [5, 5.41) is 0. The van der Waals surface area contributed by atoms with Crippen LogP contribution in [0.4, 0.5) is 4.39 Å². The van der Waals surface area contributed by atoms with Gasteiger partial charge in [-0.3, -0.25) is 0 Å². The number of hydrogen-bond acceptors (Lipinski definition) is 5. The van der Waals surface area contributed by atoms with Gasteiger partial charge in [0.25, 0.3) is 0 Å². The maximum Gasteiger partial charge on any atom is 0.227 e. The molecule has 3 rings (SSSR count). The van der Waals surface area contributed by atoms with Crippen molar-refractivity contribution >= 4 is 0 Å². The van der Waals surface area contributed by atoms with Gasteiger partial charge in [0, 0.05) is 5.56 Å². The lowest BCUT2D eigenvalue weighted by Crippen LogP contribution is -2.13. The molecule has 0 bridgehead atoms. The summed E-state index contributed by atoms with van der Waals surface area (Å²) in [5.41, 5.74) is 2.42. The zero-order chi connectivity index (χ0) is 24.7. The van der Waals surface area contributed by atoms with Gasteiger partial charge in [0.05, 0.1) is 31.2 Å². The van der Waals surface area contributed by atoms with Gasteiger partial charge in [-0.1, -0.05) is 78.1 Å². The summed E-state index contributed by atoms with van der Waals surface area (Å²) >= 11 is 0. The van der Waals surface area contributed by atoms with Gasteiger partial charge >= 0.3 is 0 Å². The van der Waals surface area contributed by atoms with Crippen molar-refractivity contribution in [2.45, 2.75) is 117 Å². The summed E-state index contributed by atoms with van der Waals surface area (Å²) < 4.78 is 26.7. The average Bonchev–Trinajstić information content (AvgIpc) is 2.88.